The molecule has 98 valence electrons. The molecule has 2 saturated carbocycles. The van der Waals surface area contributed by atoms with Crippen molar-refractivity contribution in [2.45, 2.75) is 19.3 Å². The van der Waals surface area contributed by atoms with Crippen molar-refractivity contribution in [3.05, 3.63) is 83.1 Å². The smallest absolute Gasteiger partial charge is 0.0309 e. The number of hydrogen-bond donors (Lipinski definition) is 0. The van der Waals surface area contributed by atoms with Crippen molar-refractivity contribution in [1.29, 1.82) is 0 Å². The normalized spacial score (nSPS) is 23.1. The van der Waals surface area contributed by atoms with E-state index in [1.165, 1.54) is 36.0 Å². The number of rotatable bonds is 2. The fourth-order valence-electron chi connectivity index (χ4n) is 3.50. The van der Waals surface area contributed by atoms with E-state index >= 15 is 0 Å². The maximum atomic E-state index is 3.76. The molecule has 0 saturated heterocycles. The summed E-state index contributed by atoms with van der Waals surface area (Å²) < 4.78 is 0. The summed E-state index contributed by atoms with van der Waals surface area (Å²) in [5.41, 5.74) is 9.14. The Morgan fingerprint density at radius 3 is 1.75 bits per heavy atom. The van der Waals surface area contributed by atoms with Crippen LogP contribution >= 0.6 is 0 Å². The Labute approximate surface area is 120 Å². The number of benzene rings is 2. The summed E-state index contributed by atoms with van der Waals surface area (Å²) >= 11 is 0. The molecule has 2 aromatic carbocycles. The van der Waals surface area contributed by atoms with Crippen LogP contribution in [0.4, 0.5) is 0 Å². The molecule has 2 aliphatic rings. The molecule has 0 aliphatic heterocycles. The fraction of sp³-hybridized carbons (Fsp3) is 0.250. The Balaban J connectivity index is 1.85. The first-order valence-corrected chi connectivity index (χ1v) is 7.55. The van der Waals surface area contributed by atoms with Gasteiger partial charge in [-0.1, -0.05) is 67.1 Å². The first kappa shape index (κ1) is 11.8. The average Bonchev–Trinajstić information content (AvgIpc) is 2.95. The van der Waals surface area contributed by atoms with Gasteiger partial charge in [-0.3, -0.25) is 0 Å². The van der Waals surface area contributed by atoms with Crippen LogP contribution in [0, 0.1) is 11.8 Å². The van der Waals surface area contributed by atoms with Gasteiger partial charge in [-0.05, 0) is 41.4 Å². The molecular weight excluding hydrogens is 240 g/mol. The third-order valence-corrected chi connectivity index (χ3v) is 4.60. The second-order valence-corrected chi connectivity index (χ2v) is 5.83. The Bertz CT molecular complexity index is 619. The van der Waals surface area contributed by atoms with Crippen LogP contribution in [0.25, 0.3) is 5.57 Å². The minimum atomic E-state index is 0.845. The lowest BCUT2D eigenvalue weighted by Crippen LogP contribution is -1.86. The molecule has 0 nitrogen and oxygen atoms in total. The quantitative estimate of drug-likeness (QED) is 0.659. The largest absolute Gasteiger partial charge is 0.112 e. The predicted molar refractivity (Wildman–Crippen MR) is 83.3 cm³/mol. The minimum Gasteiger partial charge on any atom is -0.112 e. The maximum absolute atomic E-state index is 3.76. The van der Waals surface area contributed by atoms with Crippen LogP contribution in [0.5, 0.6) is 0 Å². The Morgan fingerprint density at radius 1 is 0.750 bits per heavy atom. The number of hydrogen-bond acceptors (Lipinski definition) is 0. The van der Waals surface area contributed by atoms with Gasteiger partial charge in [0.15, 0.2) is 0 Å². The van der Waals surface area contributed by atoms with E-state index in [2.05, 4.69) is 66.4 Å². The molecule has 2 aromatic rings. The van der Waals surface area contributed by atoms with E-state index in [0.29, 0.717) is 0 Å². The van der Waals surface area contributed by atoms with Gasteiger partial charge in [0.25, 0.3) is 0 Å². The zero-order valence-corrected chi connectivity index (χ0v) is 11.5. The highest BCUT2D eigenvalue weighted by atomic mass is 14.5. The summed E-state index contributed by atoms with van der Waals surface area (Å²) in [6, 6.07) is 21.3. The van der Waals surface area contributed by atoms with Gasteiger partial charge in [0.05, 0.1) is 0 Å². The summed E-state index contributed by atoms with van der Waals surface area (Å²) in [7, 11) is 0. The lowest BCUT2D eigenvalue weighted by molar-refractivity contribution is 0.793. The highest BCUT2D eigenvalue weighted by Gasteiger charge is 2.47. The molecule has 0 amide bonds. The van der Waals surface area contributed by atoms with Crippen LogP contribution in [-0.4, -0.2) is 0 Å². The van der Waals surface area contributed by atoms with Gasteiger partial charge in [0.1, 0.15) is 0 Å². The summed E-state index contributed by atoms with van der Waals surface area (Å²) in [6.45, 7) is 0. The Kier molecular flexibility index (Phi) is 2.83. The van der Waals surface area contributed by atoms with Crippen molar-refractivity contribution < 1.29 is 0 Å². The lowest BCUT2D eigenvalue weighted by atomic mass is 9.98. The lowest BCUT2D eigenvalue weighted by Gasteiger charge is -2.05. The molecule has 20 heavy (non-hydrogen) atoms. The highest BCUT2D eigenvalue weighted by Crippen LogP contribution is 2.56. The van der Waals surface area contributed by atoms with E-state index in [-0.39, 0.29) is 0 Å². The van der Waals surface area contributed by atoms with Crippen molar-refractivity contribution in [1.82, 2.24) is 0 Å². The van der Waals surface area contributed by atoms with Gasteiger partial charge >= 0.3 is 0 Å². The van der Waals surface area contributed by atoms with Crippen LogP contribution in [-0.2, 0) is 0 Å². The van der Waals surface area contributed by atoms with Crippen LogP contribution < -0.4 is 0 Å². The molecule has 4 rings (SSSR count). The predicted octanol–water partition coefficient (Wildman–Crippen LogP) is 5.07. The Hall–Kier alpha value is -2.04. The number of fused-ring (bicyclic) bond motifs is 1. The third-order valence-electron chi connectivity index (χ3n) is 4.60. The molecule has 0 bridgehead atoms. The van der Waals surface area contributed by atoms with Crippen molar-refractivity contribution in [3.8, 4) is 0 Å². The van der Waals surface area contributed by atoms with Gasteiger partial charge in [0.2, 0.25) is 0 Å². The molecule has 0 unspecified atom stereocenters. The van der Waals surface area contributed by atoms with Crippen molar-refractivity contribution in [3.63, 3.8) is 0 Å². The first-order valence-electron chi connectivity index (χ1n) is 7.55. The van der Waals surface area contributed by atoms with Gasteiger partial charge < -0.3 is 0 Å². The Morgan fingerprint density at radius 2 is 1.25 bits per heavy atom. The molecule has 2 atom stereocenters. The van der Waals surface area contributed by atoms with Crippen molar-refractivity contribution in [2.75, 3.05) is 0 Å². The molecule has 0 aromatic heterocycles. The molecule has 0 heteroatoms. The minimum absolute atomic E-state index is 0.845. The molecule has 0 spiro atoms. The van der Waals surface area contributed by atoms with Crippen LogP contribution in [0.2, 0.25) is 0 Å². The topological polar surface area (TPSA) is 0 Å². The van der Waals surface area contributed by atoms with E-state index < -0.39 is 0 Å². The van der Waals surface area contributed by atoms with Crippen LogP contribution in [0.3, 0.4) is 0 Å². The number of allylic oxidation sites excluding steroid dienone is 1. The van der Waals surface area contributed by atoms with Gasteiger partial charge in [-0.2, -0.15) is 0 Å². The fourth-order valence-corrected chi connectivity index (χ4v) is 3.50. The van der Waals surface area contributed by atoms with E-state index in [1.54, 1.807) is 5.57 Å². The second kappa shape index (κ2) is 4.81. The molecule has 0 N–H and O–H groups in total. The molecule has 0 radical (unpaired) electrons. The third kappa shape index (κ3) is 2.03. The summed E-state index contributed by atoms with van der Waals surface area (Å²) in [5.74, 6) is 1.69. The second-order valence-electron chi connectivity index (χ2n) is 5.83. The van der Waals surface area contributed by atoms with Crippen LogP contribution in [0.15, 0.2) is 72.0 Å². The monoisotopic (exact) mass is 258 g/mol. The SMILES string of the molecule is C(=C(c1ccccc1)c1ccccc1)=C1[C@H]2CCC[C@@H]12. The van der Waals surface area contributed by atoms with E-state index in [1.807, 2.05) is 0 Å². The zero-order chi connectivity index (χ0) is 13.4. The van der Waals surface area contributed by atoms with E-state index in [0.717, 1.165) is 11.8 Å². The van der Waals surface area contributed by atoms with Gasteiger partial charge in [-0.15, -0.1) is 5.73 Å². The maximum Gasteiger partial charge on any atom is 0.0309 e. The summed E-state index contributed by atoms with van der Waals surface area (Å²) in [4.78, 5) is 0. The van der Waals surface area contributed by atoms with Crippen molar-refractivity contribution >= 4 is 5.57 Å². The first-order chi connectivity index (χ1) is 9.93. The summed E-state index contributed by atoms with van der Waals surface area (Å²) in [5, 5.41) is 0. The van der Waals surface area contributed by atoms with Crippen molar-refractivity contribution in [2.24, 2.45) is 11.8 Å². The van der Waals surface area contributed by atoms with Crippen LogP contribution in [0.1, 0.15) is 30.4 Å². The van der Waals surface area contributed by atoms with E-state index in [9.17, 15) is 0 Å². The molecule has 2 fully saturated rings. The van der Waals surface area contributed by atoms with Gasteiger partial charge in [0, 0.05) is 5.57 Å². The van der Waals surface area contributed by atoms with E-state index in [4.69, 9.17) is 0 Å². The molecule has 2 aliphatic carbocycles. The standard InChI is InChI=1S/C20H18/c1-3-8-15(9-4-1)19(16-10-5-2-6-11-16)14-20-17-12-7-13-18(17)20/h1-6,8-11,17-18H,7,12-13H2/t17-,18+. The average molecular weight is 258 g/mol. The summed E-state index contributed by atoms with van der Waals surface area (Å²) in [6.07, 6.45) is 4.17. The highest BCUT2D eigenvalue weighted by molar-refractivity contribution is 5.80. The van der Waals surface area contributed by atoms with Gasteiger partial charge in [-0.25, -0.2) is 0 Å². The molecular formula is C20H18. The molecule has 0 heterocycles. The zero-order valence-electron chi connectivity index (χ0n) is 11.5.